The van der Waals surface area contributed by atoms with Crippen molar-refractivity contribution < 1.29 is 22.7 Å². The molecule has 0 spiro atoms. The van der Waals surface area contributed by atoms with Crippen LogP contribution < -0.4 is 9.62 Å². The van der Waals surface area contributed by atoms with Gasteiger partial charge in [0.15, 0.2) is 0 Å². The molecular weight excluding hydrogens is 439 g/mol. The number of benzene rings is 2. The average Bonchev–Trinajstić information content (AvgIpc) is 2.67. The van der Waals surface area contributed by atoms with Crippen molar-refractivity contribution in [2.24, 2.45) is 0 Å². The molecule has 10 heteroatoms. The summed E-state index contributed by atoms with van der Waals surface area (Å²) in [6, 6.07) is 9.33. The quantitative estimate of drug-likeness (QED) is 0.633. The SMILES string of the molecule is CC[C@@H](C(=O)Nc1cc(C(=O)OC)ccc1Cl)N(c1ccc(Cl)cc1)S(C)(=O)=O. The summed E-state index contributed by atoms with van der Waals surface area (Å²) >= 11 is 12.0. The second kappa shape index (κ2) is 9.47. The lowest BCUT2D eigenvalue weighted by Gasteiger charge is -2.30. The second-order valence-corrected chi connectivity index (χ2v) is 8.84. The standard InChI is InChI=1S/C19H20Cl2N2O5S/c1-4-17(23(29(3,26)27)14-8-6-13(20)7-9-14)18(24)22-16-11-12(19(25)28-2)5-10-15(16)21/h5-11,17H,4H2,1-3H3,(H,22,24)/t17-/m0/s1. The van der Waals surface area contributed by atoms with Crippen molar-refractivity contribution in [2.75, 3.05) is 23.0 Å². The molecule has 0 bridgehead atoms. The zero-order valence-electron chi connectivity index (χ0n) is 16.0. The van der Waals surface area contributed by atoms with Crippen LogP contribution in [-0.2, 0) is 19.6 Å². The van der Waals surface area contributed by atoms with Crippen molar-refractivity contribution in [1.29, 1.82) is 0 Å². The number of rotatable bonds is 7. The van der Waals surface area contributed by atoms with Gasteiger partial charge in [-0.05, 0) is 48.9 Å². The van der Waals surface area contributed by atoms with Gasteiger partial charge in [0.2, 0.25) is 15.9 Å². The van der Waals surface area contributed by atoms with E-state index >= 15 is 0 Å². The van der Waals surface area contributed by atoms with Gasteiger partial charge in [-0.3, -0.25) is 9.10 Å². The van der Waals surface area contributed by atoms with E-state index in [1.165, 1.54) is 49.6 Å². The van der Waals surface area contributed by atoms with Crippen molar-refractivity contribution in [3.05, 3.63) is 58.1 Å². The number of carbonyl (C=O) groups is 2. The lowest BCUT2D eigenvalue weighted by molar-refractivity contribution is -0.117. The summed E-state index contributed by atoms with van der Waals surface area (Å²) in [5.41, 5.74) is 0.661. The van der Waals surface area contributed by atoms with E-state index in [0.29, 0.717) is 10.7 Å². The maximum Gasteiger partial charge on any atom is 0.337 e. The highest BCUT2D eigenvalue weighted by Gasteiger charge is 2.32. The van der Waals surface area contributed by atoms with Crippen LogP contribution in [-0.4, -0.2) is 39.7 Å². The van der Waals surface area contributed by atoms with E-state index in [1.807, 2.05) is 0 Å². The van der Waals surface area contributed by atoms with E-state index in [1.54, 1.807) is 6.92 Å². The lowest BCUT2D eigenvalue weighted by atomic mass is 10.1. The summed E-state index contributed by atoms with van der Waals surface area (Å²) < 4.78 is 30.6. The van der Waals surface area contributed by atoms with Crippen LogP contribution in [0, 0.1) is 0 Å². The molecule has 2 aromatic rings. The summed E-state index contributed by atoms with van der Waals surface area (Å²) in [7, 11) is -2.56. The van der Waals surface area contributed by atoms with Gasteiger partial charge in [-0.1, -0.05) is 30.1 Å². The van der Waals surface area contributed by atoms with E-state index in [-0.39, 0.29) is 22.7 Å². The molecule has 0 unspecified atom stereocenters. The molecule has 0 saturated heterocycles. The van der Waals surface area contributed by atoms with Gasteiger partial charge in [0.05, 0.1) is 35.3 Å². The monoisotopic (exact) mass is 458 g/mol. The van der Waals surface area contributed by atoms with E-state index in [4.69, 9.17) is 23.2 Å². The van der Waals surface area contributed by atoms with Crippen LogP contribution in [0.4, 0.5) is 11.4 Å². The van der Waals surface area contributed by atoms with E-state index in [2.05, 4.69) is 10.1 Å². The third-order valence-electron chi connectivity index (χ3n) is 4.06. The summed E-state index contributed by atoms with van der Waals surface area (Å²) in [5, 5.41) is 3.23. The number of anilines is 2. The molecule has 1 amide bonds. The summed E-state index contributed by atoms with van der Waals surface area (Å²) in [6.45, 7) is 1.69. The van der Waals surface area contributed by atoms with E-state index in [0.717, 1.165) is 10.6 Å². The number of hydrogen-bond acceptors (Lipinski definition) is 5. The first-order chi connectivity index (χ1) is 13.6. The Hall–Kier alpha value is -2.29. The highest BCUT2D eigenvalue weighted by Crippen LogP contribution is 2.27. The first kappa shape index (κ1) is 23.0. The van der Waals surface area contributed by atoms with E-state index < -0.39 is 27.9 Å². The first-order valence-corrected chi connectivity index (χ1v) is 11.1. The van der Waals surface area contributed by atoms with Gasteiger partial charge in [-0.2, -0.15) is 0 Å². The number of nitrogens with zero attached hydrogens (tertiary/aromatic N) is 1. The normalized spacial score (nSPS) is 12.2. The minimum Gasteiger partial charge on any atom is -0.465 e. The number of methoxy groups -OCH3 is 1. The molecule has 0 fully saturated rings. The molecule has 1 N–H and O–H groups in total. The molecule has 0 radical (unpaired) electrons. The molecule has 156 valence electrons. The fourth-order valence-electron chi connectivity index (χ4n) is 2.73. The number of sulfonamides is 1. The van der Waals surface area contributed by atoms with Crippen LogP contribution in [0.3, 0.4) is 0 Å². The Kier molecular flexibility index (Phi) is 7.51. The zero-order chi connectivity index (χ0) is 21.8. The van der Waals surface area contributed by atoms with Gasteiger partial charge in [0, 0.05) is 5.02 Å². The third-order valence-corrected chi connectivity index (χ3v) is 5.82. The summed E-state index contributed by atoms with van der Waals surface area (Å²) in [6.07, 6.45) is 1.21. The summed E-state index contributed by atoms with van der Waals surface area (Å²) in [5.74, 6) is -1.19. The molecule has 0 aliphatic carbocycles. The van der Waals surface area contributed by atoms with Crippen LogP contribution in [0.1, 0.15) is 23.7 Å². The topological polar surface area (TPSA) is 92.8 Å². The Morgan fingerprint density at radius 1 is 1.14 bits per heavy atom. The fourth-order valence-corrected chi connectivity index (χ4v) is 4.23. The zero-order valence-corrected chi connectivity index (χ0v) is 18.3. The number of esters is 1. The van der Waals surface area contributed by atoms with Gasteiger partial charge in [-0.15, -0.1) is 0 Å². The maximum absolute atomic E-state index is 13.0. The van der Waals surface area contributed by atoms with Crippen LogP contribution in [0.25, 0.3) is 0 Å². The number of hydrogen-bond donors (Lipinski definition) is 1. The minimum atomic E-state index is -3.79. The third kappa shape index (κ3) is 5.62. The smallest absolute Gasteiger partial charge is 0.337 e. The number of amides is 1. The van der Waals surface area contributed by atoms with Crippen LogP contribution in [0.2, 0.25) is 10.0 Å². The largest absolute Gasteiger partial charge is 0.465 e. The molecule has 2 aromatic carbocycles. The Morgan fingerprint density at radius 2 is 1.76 bits per heavy atom. The highest BCUT2D eigenvalue weighted by molar-refractivity contribution is 7.92. The molecule has 1 atom stereocenters. The number of carbonyl (C=O) groups excluding carboxylic acids is 2. The molecule has 2 rings (SSSR count). The van der Waals surface area contributed by atoms with Crippen molar-refractivity contribution in [1.82, 2.24) is 0 Å². The molecule has 0 aliphatic rings. The number of halogens is 2. The van der Waals surface area contributed by atoms with Gasteiger partial charge >= 0.3 is 5.97 Å². The van der Waals surface area contributed by atoms with Crippen LogP contribution in [0.5, 0.6) is 0 Å². The van der Waals surface area contributed by atoms with Gasteiger partial charge in [0.1, 0.15) is 6.04 Å². The lowest BCUT2D eigenvalue weighted by Crippen LogP contribution is -2.47. The van der Waals surface area contributed by atoms with Crippen LogP contribution in [0.15, 0.2) is 42.5 Å². The molecule has 0 aliphatic heterocycles. The second-order valence-electron chi connectivity index (χ2n) is 6.13. The fraction of sp³-hybridized carbons (Fsp3) is 0.263. The summed E-state index contributed by atoms with van der Waals surface area (Å²) in [4.78, 5) is 24.7. The Balaban J connectivity index is 2.40. The van der Waals surface area contributed by atoms with Crippen molar-refractivity contribution in [3.8, 4) is 0 Å². The average molecular weight is 459 g/mol. The van der Waals surface area contributed by atoms with Crippen molar-refractivity contribution in [2.45, 2.75) is 19.4 Å². The Labute approximate surface area is 179 Å². The number of nitrogens with one attached hydrogen (secondary N) is 1. The van der Waals surface area contributed by atoms with Crippen molar-refractivity contribution >= 4 is 56.5 Å². The minimum absolute atomic E-state index is 0.169. The molecular formula is C19H20Cl2N2O5S. The Morgan fingerprint density at radius 3 is 2.28 bits per heavy atom. The molecule has 0 saturated carbocycles. The van der Waals surface area contributed by atoms with Crippen LogP contribution >= 0.6 is 23.2 Å². The molecule has 0 heterocycles. The predicted octanol–water partition coefficient (Wildman–Crippen LogP) is 3.96. The predicted molar refractivity (Wildman–Crippen MR) is 114 cm³/mol. The van der Waals surface area contributed by atoms with Gasteiger partial charge < -0.3 is 10.1 Å². The molecule has 0 aromatic heterocycles. The number of ether oxygens (including phenoxy) is 1. The van der Waals surface area contributed by atoms with Gasteiger partial charge in [-0.25, -0.2) is 13.2 Å². The maximum atomic E-state index is 13.0. The highest BCUT2D eigenvalue weighted by atomic mass is 35.5. The molecule has 7 nitrogen and oxygen atoms in total. The van der Waals surface area contributed by atoms with Gasteiger partial charge in [0.25, 0.3) is 0 Å². The first-order valence-electron chi connectivity index (χ1n) is 8.52. The van der Waals surface area contributed by atoms with E-state index in [9.17, 15) is 18.0 Å². The Bertz CT molecular complexity index is 1010. The molecule has 29 heavy (non-hydrogen) atoms. The van der Waals surface area contributed by atoms with Crippen molar-refractivity contribution in [3.63, 3.8) is 0 Å².